The Kier molecular flexibility index (Phi) is 8.96. The summed E-state index contributed by atoms with van der Waals surface area (Å²) in [6.07, 6.45) is 5.74. The van der Waals surface area contributed by atoms with Crippen LogP contribution in [0.1, 0.15) is 48.1 Å². The first kappa shape index (κ1) is 21.9. The van der Waals surface area contributed by atoms with Gasteiger partial charge in [0, 0.05) is 32.6 Å². The van der Waals surface area contributed by atoms with Gasteiger partial charge in [0.2, 0.25) is 5.91 Å². The molecule has 1 heterocycles. The van der Waals surface area contributed by atoms with E-state index in [9.17, 15) is 4.79 Å². The fraction of sp³-hybridized carbons (Fsp3) is 0.400. The molecular weight excluding hydrogens is 344 g/mol. The van der Waals surface area contributed by atoms with Gasteiger partial charge in [-0.1, -0.05) is 68.5 Å². The van der Waals surface area contributed by atoms with E-state index < -0.39 is 0 Å². The molecule has 2 aromatic carbocycles. The number of piperazine rings is 1. The number of carbonyl (C=O) groups excluding carboxylic acids is 1. The lowest BCUT2D eigenvalue weighted by Gasteiger charge is -2.27. The molecule has 2 aromatic rings. The minimum absolute atomic E-state index is 0.267. The first-order valence-corrected chi connectivity index (χ1v) is 10.5. The smallest absolute Gasteiger partial charge is 0.222 e. The van der Waals surface area contributed by atoms with E-state index in [-0.39, 0.29) is 5.91 Å². The highest BCUT2D eigenvalue weighted by atomic mass is 16.2. The van der Waals surface area contributed by atoms with E-state index in [1.807, 2.05) is 18.7 Å². The summed E-state index contributed by atoms with van der Waals surface area (Å²) in [7, 11) is 0. The van der Waals surface area contributed by atoms with Gasteiger partial charge in [-0.15, -0.1) is 0 Å². The quantitative estimate of drug-likeness (QED) is 0.753. The summed E-state index contributed by atoms with van der Waals surface area (Å²) in [4.78, 5) is 14.3. The summed E-state index contributed by atoms with van der Waals surface area (Å²) < 4.78 is 0. The molecule has 1 saturated heterocycles. The fourth-order valence-corrected chi connectivity index (χ4v) is 3.45. The average molecular weight is 379 g/mol. The van der Waals surface area contributed by atoms with E-state index in [0.29, 0.717) is 6.42 Å². The van der Waals surface area contributed by atoms with Gasteiger partial charge >= 0.3 is 0 Å². The zero-order valence-corrected chi connectivity index (χ0v) is 17.8. The second kappa shape index (κ2) is 11.5. The molecule has 0 atom stereocenters. The summed E-state index contributed by atoms with van der Waals surface area (Å²) in [5, 5.41) is 3.28. The Bertz CT molecular complexity index is 769. The van der Waals surface area contributed by atoms with Gasteiger partial charge in [-0.25, -0.2) is 0 Å². The van der Waals surface area contributed by atoms with Crippen molar-refractivity contribution in [1.29, 1.82) is 0 Å². The maximum Gasteiger partial charge on any atom is 0.222 e. The SMILES string of the molecule is CC.Cc1cccc(C)c1/C=C/c1cccc(CCC(=O)N2CCNCC2)c1. The Morgan fingerprint density at radius 1 is 1.00 bits per heavy atom. The minimum atomic E-state index is 0.267. The van der Waals surface area contributed by atoms with E-state index in [4.69, 9.17) is 0 Å². The van der Waals surface area contributed by atoms with Crippen LogP contribution in [-0.2, 0) is 11.2 Å². The van der Waals surface area contributed by atoms with Crippen molar-refractivity contribution in [2.24, 2.45) is 0 Å². The van der Waals surface area contributed by atoms with Crippen molar-refractivity contribution in [1.82, 2.24) is 10.2 Å². The molecule has 0 bridgehead atoms. The number of amides is 1. The highest BCUT2D eigenvalue weighted by Gasteiger charge is 2.15. The molecule has 150 valence electrons. The standard InChI is InChI=1S/C23H28N2O.C2H6/c1-18-5-3-6-19(2)22(18)11-9-20-7-4-8-21(17-20)10-12-23(26)25-15-13-24-14-16-25;1-2/h3-9,11,17,24H,10,12-16H2,1-2H3;1-2H3/b11-9+;. The molecule has 3 nitrogen and oxygen atoms in total. The van der Waals surface area contributed by atoms with Crippen LogP contribution in [0.2, 0.25) is 0 Å². The molecule has 0 aromatic heterocycles. The van der Waals surface area contributed by atoms with E-state index in [1.54, 1.807) is 0 Å². The van der Waals surface area contributed by atoms with Gasteiger partial charge in [-0.3, -0.25) is 4.79 Å². The molecule has 0 unspecified atom stereocenters. The Balaban J connectivity index is 0.00000136. The van der Waals surface area contributed by atoms with E-state index in [2.05, 4.69) is 73.8 Å². The lowest BCUT2D eigenvalue weighted by Crippen LogP contribution is -2.46. The van der Waals surface area contributed by atoms with Crippen molar-refractivity contribution in [3.05, 3.63) is 70.3 Å². The Morgan fingerprint density at radius 3 is 2.32 bits per heavy atom. The summed E-state index contributed by atoms with van der Waals surface area (Å²) in [5.74, 6) is 0.267. The Morgan fingerprint density at radius 2 is 1.64 bits per heavy atom. The molecule has 0 radical (unpaired) electrons. The van der Waals surface area contributed by atoms with Crippen molar-refractivity contribution in [3.8, 4) is 0 Å². The number of aryl methyl sites for hydroxylation is 3. The van der Waals surface area contributed by atoms with Gasteiger partial charge in [0.15, 0.2) is 0 Å². The average Bonchev–Trinajstić information content (AvgIpc) is 2.74. The zero-order valence-electron chi connectivity index (χ0n) is 17.8. The first-order valence-electron chi connectivity index (χ1n) is 10.5. The van der Waals surface area contributed by atoms with Gasteiger partial charge in [0.05, 0.1) is 0 Å². The van der Waals surface area contributed by atoms with Gasteiger partial charge in [0.1, 0.15) is 0 Å². The van der Waals surface area contributed by atoms with Gasteiger partial charge < -0.3 is 10.2 Å². The second-order valence-electron chi connectivity index (χ2n) is 7.01. The summed E-state index contributed by atoms with van der Waals surface area (Å²) in [6.45, 7) is 11.8. The van der Waals surface area contributed by atoms with Crippen LogP contribution in [0.4, 0.5) is 0 Å². The summed E-state index contributed by atoms with van der Waals surface area (Å²) in [6, 6.07) is 14.9. The predicted octanol–water partition coefficient (Wildman–Crippen LogP) is 4.86. The lowest BCUT2D eigenvalue weighted by atomic mass is 10.0. The summed E-state index contributed by atoms with van der Waals surface area (Å²) >= 11 is 0. The number of benzene rings is 2. The fourth-order valence-electron chi connectivity index (χ4n) is 3.45. The number of hydrogen-bond acceptors (Lipinski definition) is 2. The van der Waals surface area contributed by atoms with Crippen LogP contribution in [0.15, 0.2) is 42.5 Å². The van der Waals surface area contributed by atoms with Gasteiger partial charge in [-0.2, -0.15) is 0 Å². The van der Waals surface area contributed by atoms with E-state index in [0.717, 1.165) is 32.6 Å². The van der Waals surface area contributed by atoms with Crippen molar-refractivity contribution >= 4 is 18.1 Å². The van der Waals surface area contributed by atoms with Crippen LogP contribution in [0, 0.1) is 13.8 Å². The van der Waals surface area contributed by atoms with Crippen molar-refractivity contribution in [2.75, 3.05) is 26.2 Å². The number of hydrogen-bond donors (Lipinski definition) is 1. The third kappa shape index (κ3) is 6.35. The molecule has 28 heavy (non-hydrogen) atoms. The first-order chi connectivity index (χ1) is 13.6. The second-order valence-corrected chi connectivity index (χ2v) is 7.01. The minimum Gasteiger partial charge on any atom is -0.340 e. The number of nitrogens with zero attached hydrogens (tertiary/aromatic N) is 1. The van der Waals surface area contributed by atoms with E-state index in [1.165, 1.54) is 27.8 Å². The molecule has 3 heteroatoms. The molecule has 0 saturated carbocycles. The number of carbonyl (C=O) groups is 1. The Hall–Kier alpha value is -2.39. The molecule has 3 rings (SSSR count). The molecule has 1 amide bonds. The molecule has 0 spiro atoms. The Labute approximate surface area is 170 Å². The van der Waals surface area contributed by atoms with Crippen molar-refractivity contribution in [3.63, 3.8) is 0 Å². The van der Waals surface area contributed by atoms with Gasteiger partial charge in [0.25, 0.3) is 0 Å². The molecule has 1 aliphatic rings. The zero-order chi connectivity index (χ0) is 20.4. The normalized spacial score (nSPS) is 13.9. The van der Waals surface area contributed by atoms with Crippen LogP contribution in [0.3, 0.4) is 0 Å². The van der Waals surface area contributed by atoms with E-state index >= 15 is 0 Å². The summed E-state index contributed by atoms with van der Waals surface area (Å²) in [5.41, 5.74) is 6.27. The third-order valence-electron chi connectivity index (χ3n) is 5.03. The molecule has 0 aliphatic carbocycles. The maximum atomic E-state index is 12.3. The highest BCUT2D eigenvalue weighted by molar-refractivity contribution is 5.77. The molecular formula is C25H34N2O. The van der Waals surface area contributed by atoms with Crippen molar-refractivity contribution < 1.29 is 4.79 Å². The third-order valence-corrected chi connectivity index (χ3v) is 5.03. The van der Waals surface area contributed by atoms with Crippen LogP contribution in [-0.4, -0.2) is 37.0 Å². The van der Waals surface area contributed by atoms with Crippen LogP contribution < -0.4 is 5.32 Å². The lowest BCUT2D eigenvalue weighted by molar-refractivity contribution is -0.131. The van der Waals surface area contributed by atoms with Gasteiger partial charge in [-0.05, 0) is 48.1 Å². The molecule has 1 aliphatic heterocycles. The maximum absolute atomic E-state index is 12.3. The van der Waals surface area contributed by atoms with Crippen LogP contribution in [0.25, 0.3) is 12.2 Å². The topological polar surface area (TPSA) is 32.3 Å². The van der Waals surface area contributed by atoms with Crippen LogP contribution in [0.5, 0.6) is 0 Å². The highest BCUT2D eigenvalue weighted by Crippen LogP contribution is 2.18. The largest absolute Gasteiger partial charge is 0.340 e. The van der Waals surface area contributed by atoms with Crippen LogP contribution >= 0.6 is 0 Å². The monoisotopic (exact) mass is 378 g/mol. The van der Waals surface area contributed by atoms with Crippen molar-refractivity contribution in [2.45, 2.75) is 40.5 Å². The molecule has 1 fully saturated rings. The number of rotatable bonds is 5. The number of nitrogens with one attached hydrogen (secondary N) is 1. The predicted molar refractivity (Wildman–Crippen MR) is 120 cm³/mol. The molecule has 1 N–H and O–H groups in total.